The zero-order valence-electron chi connectivity index (χ0n) is 18.0. The zero-order valence-corrected chi connectivity index (χ0v) is 18.0. The average molecular weight is 416 g/mol. The number of rotatable bonds is 7. The fraction of sp³-hybridized carbons (Fsp3) is 0.308. The molecule has 1 saturated heterocycles. The van der Waals surface area contributed by atoms with Crippen LogP contribution >= 0.6 is 0 Å². The van der Waals surface area contributed by atoms with E-state index in [0.717, 1.165) is 49.5 Å². The maximum atomic E-state index is 12.4. The first-order valence-electron chi connectivity index (χ1n) is 10.9. The summed E-state index contributed by atoms with van der Waals surface area (Å²) in [5, 5.41) is 2.97. The maximum Gasteiger partial charge on any atom is 0.238 e. The molecule has 2 heterocycles. The highest BCUT2D eigenvalue weighted by Crippen LogP contribution is 2.27. The maximum absolute atomic E-state index is 12.4. The summed E-state index contributed by atoms with van der Waals surface area (Å²) in [6.45, 7) is 2.23. The van der Waals surface area contributed by atoms with Gasteiger partial charge in [-0.25, -0.2) is 0 Å². The fourth-order valence-electron chi connectivity index (χ4n) is 4.09. The van der Waals surface area contributed by atoms with Crippen molar-refractivity contribution in [1.29, 1.82) is 0 Å². The summed E-state index contributed by atoms with van der Waals surface area (Å²) in [6.07, 6.45) is 2.91. The first kappa shape index (κ1) is 21.1. The summed E-state index contributed by atoms with van der Waals surface area (Å²) in [7, 11) is 1.63. The monoisotopic (exact) mass is 415 g/mol. The number of methoxy groups -OCH3 is 1. The Hall–Kier alpha value is -3.18. The van der Waals surface area contributed by atoms with Gasteiger partial charge in [0.1, 0.15) is 5.75 Å². The molecule has 0 radical (unpaired) electrons. The van der Waals surface area contributed by atoms with Crippen LogP contribution in [0.1, 0.15) is 35.7 Å². The van der Waals surface area contributed by atoms with Crippen LogP contribution in [0, 0.1) is 0 Å². The minimum Gasteiger partial charge on any atom is -0.497 e. The highest BCUT2D eigenvalue weighted by Gasteiger charge is 2.23. The molecule has 1 amide bonds. The lowest BCUT2D eigenvalue weighted by Gasteiger charge is -2.31. The number of hydrogen-bond donors (Lipinski definition) is 1. The van der Waals surface area contributed by atoms with Crippen LogP contribution in [0.25, 0.3) is 0 Å². The van der Waals surface area contributed by atoms with E-state index in [2.05, 4.69) is 52.7 Å². The number of likely N-dealkylation sites (tertiary alicyclic amines) is 1. The number of carbonyl (C=O) groups is 1. The second kappa shape index (κ2) is 10.2. The van der Waals surface area contributed by atoms with Crippen molar-refractivity contribution in [2.75, 3.05) is 32.1 Å². The van der Waals surface area contributed by atoms with Crippen molar-refractivity contribution in [2.45, 2.75) is 25.2 Å². The Morgan fingerprint density at radius 3 is 2.45 bits per heavy atom. The van der Waals surface area contributed by atoms with Gasteiger partial charge < -0.3 is 10.1 Å². The lowest BCUT2D eigenvalue weighted by Crippen LogP contribution is -2.38. The molecule has 0 spiro atoms. The molecule has 1 aromatic heterocycles. The SMILES string of the molecule is COc1ccc(NC(=O)CN2CCC(c3cccc(Cc4ccccc4)n3)CC2)cc1. The molecule has 5 heteroatoms. The van der Waals surface area contributed by atoms with Gasteiger partial charge in [0.2, 0.25) is 5.91 Å². The first-order valence-corrected chi connectivity index (χ1v) is 10.9. The van der Waals surface area contributed by atoms with Gasteiger partial charge in [-0.1, -0.05) is 36.4 Å². The number of ether oxygens (including phenoxy) is 1. The molecule has 0 unspecified atom stereocenters. The number of piperidine rings is 1. The predicted molar refractivity (Wildman–Crippen MR) is 124 cm³/mol. The highest BCUT2D eigenvalue weighted by atomic mass is 16.5. The van der Waals surface area contributed by atoms with Crippen LogP contribution in [0.3, 0.4) is 0 Å². The topological polar surface area (TPSA) is 54.5 Å². The van der Waals surface area contributed by atoms with E-state index in [1.807, 2.05) is 30.3 Å². The lowest BCUT2D eigenvalue weighted by molar-refractivity contribution is -0.117. The van der Waals surface area contributed by atoms with E-state index in [4.69, 9.17) is 9.72 Å². The average Bonchev–Trinajstić information content (AvgIpc) is 2.81. The smallest absolute Gasteiger partial charge is 0.238 e. The molecule has 0 atom stereocenters. The zero-order chi connectivity index (χ0) is 21.5. The van der Waals surface area contributed by atoms with Crippen LogP contribution in [-0.4, -0.2) is 42.5 Å². The normalized spacial score (nSPS) is 14.9. The molecule has 3 aromatic rings. The van der Waals surface area contributed by atoms with E-state index >= 15 is 0 Å². The van der Waals surface area contributed by atoms with Crippen molar-refractivity contribution in [1.82, 2.24) is 9.88 Å². The summed E-state index contributed by atoms with van der Waals surface area (Å²) >= 11 is 0. The molecule has 31 heavy (non-hydrogen) atoms. The second-order valence-electron chi connectivity index (χ2n) is 8.04. The molecular weight excluding hydrogens is 386 g/mol. The van der Waals surface area contributed by atoms with Crippen molar-refractivity contribution in [3.05, 3.63) is 89.7 Å². The number of anilines is 1. The van der Waals surface area contributed by atoms with Gasteiger partial charge in [0, 0.05) is 29.4 Å². The van der Waals surface area contributed by atoms with E-state index in [1.165, 1.54) is 11.3 Å². The summed E-state index contributed by atoms with van der Waals surface area (Å²) in [4.78, 5) is 19.6. The number of benzene rings is 2. The van der Waals surface area contributed by atoms with Gasteiger partial charge in [-0.2, -0.15) is 0 Å². The molecule has 1 fully saturated rings. The van der Waals surface area contributed by atoms with Crippen molar-refractivity contribution in [3.63, 3.8) is 0 Å². The molecule has 1 aliphatic heterocycles. The molecule has 4 rings (SSSR count). The Morgan fingerprint density at radius 2 is 1.74 bits per heavy atom. The number of aromatic nitrogens is 1. The third kappa shape index (κ3) is 5.92. The Kier molecular flexibility index (Phi) is 6.95. The summed E-state index contributed by atoms with van der Waals surface area (Å²) < 4.78 is 5.15. The molecule has 0 saturated carbocycles. The van der Waals surface area contributed by atoms with Crippen molar-refractivity contribution >= 4 is 11.6 Å². The Labute approximate surface area is 184 Å². The van der Waals surface area contributed by atoms with Crippen LogP contribution in [0.4, 0.5) is 5.69 Å². The number of nitrogens with zero attached hydrogens (tertiary/aromatic N) is 2. The summed E-state index contributed by atoms with van der Waals surface area (Å²) in [5.41, 5.74) is 4.37. The molecule has 0 bridgehead atoms. The molecule has 2 aromatic carbocycles. The minimum atomic E-state index is 0.0200. The van der Waals surface area contributed by atoms with Crippen molar-refractivity contribution < 1.29 is 9.53 Å². The van der Waals surface area contributed by atoms with Crippen LogP contribution in [0.2, 0.25) is 0 Å². The van der Waals surface area contributed by atoms with E-state index in [0.29, 0.717) is 12.5 Å². The third-order valence-corrected chi connectivity index (χ3v) is 5.80. The predicted octanol–water partition coefficient (Wildman–Crippen LogP) is 4.50. The summed E-state index contributed by atoms with van der Waals surface area (Å²) in [6, 6.07) is 24.2. The number of amides is 1. The van der Waals surface area contributed by atoms with Crippen LogP contribution in [-0.2, 0) is 11.2 Å². The van der Waals surface area contributed by atoms with Gasteiger partial charge in [0.25, 0.3) is 0 Å². The van der Waals surface area contributed by atoms with Crippen molar-refractivity contribution in [2.24, 2.45) is 0 Å². The summed E-state index contributed by atoms with van der Waals surface area (Å²) in [5.74, 6) is 1.25. The number of carbonyl (C=O) groups excluding carboxylic acids is 1. The standard InChI is InChI=1S/C26H29N3O2/c1-31-24-12-10-22(11-13-24)28-26(30)19-29-16-14-21(15-17-29)25-9-5-8-23(27-25)18-20-6-3-2-4-7-20/h2-13,21H,14-19H2,1H3,(H,28,30). The van der Waals surface area contributed by atoms with Gasteiger partial charge in [0.15, 0.2) is 0 Å². The van der Waals surface area contributed by atoms with Gasteiger partial charge in [-0.05, 0) is 67.9 Å². The Bertz CT molecular complexity index is 981. The minimum absolute atomic E-state index is 0.0200. The van der Waals surface area contributed by atoms with Gasteiger partial charge in [0.05, 0.1) is 13.7 Å². The van der Waals surface area contributed by atoms with E-state index in [1.54, 1.807) is 7.11 Å². The van der Waals surface area contributed by atoms with E-state index < -0.39 is 0 Å². The number of hydrogen-bond acceptors (Lipinski definition) is 4. The largest absolute Gasteiger partial charge is 0.497 e. The molecule has 160 valence electrons. The first-order chi connectivity index (χ1) is 15.2. The lowest BCUT2D eigenvalue weighted by atomic mass is 9.92. The van der Waals surface area contributed by atoms with Crippen LogP contribution in [0.5, 0.6) is 5.75 Å². The Balaban J connectivity index is 1.27. The van der Waals surface area contributed by atoms with Crippen LogP contribution in [0.15, 0.2) is 72.8 Å². The van der Waals surface area contributed by atoms with E-state index in [-0.39, 0.29) is 5.91 Å². The van der Waals surface area contributed by atoms with E-state index in [9.17, 15) is 4.79 Å². The quantitative estimate of drug-likeness (QED) is 0.617. The second-order valence-corrected chi connectivity index (χ2v) is 8.04. The number of nitrogens with one attached hydrogen (secondary N) is 1. The van der Waals surface area contributed by atoms with Gasteiger partial charge in [-0.3, -0.25) is 14.7 Å². The third-order valence-electron chi connectivity index (χ3n) is 5.80. The van der Waals surface area contributed by atoms with Crippen LogP contribution < -0.4 is 10.1 Å². The van der Waals surface area contributed by atoms with Crippen molar-refractivity contribution in [3.8, 4) is 5.75 Å². The molecule has 0 aliphatic carbocycles. The molecule has 5 nitrogen and oxygen atoms in total. The van der Waals surface area contributed by atoms with Gasteiger partial charge >= 0.3 is 0 Å². The molecule has 1 N–H and O–H groups in total. The van der Waals surface area contributed by atoms with Gasteiger partial charge in [-0.15, -0.1) is 0 Å². The molecule has 1 aliphatic rings. The fourth-order valence-corrected chi connectivity index (χ4v) is 4.09. The Morgan fingerprint density at radius 1 is 1.00 bits per heavy atom. The molecular formula is C26H29N3O2. The highest BCUT2D eigenvalue weighted by molar-refractivity contribution is 5.92. The number of pyridine rings is 1.